The van der Waals surface area contributed by atoms with Crippen molar-refractivity contribution < 1.29 is 9.59 Å². The minimum absolute atomic E-state index is 0.149. The molecule has 0 atom stereocenters. The first kappa shape index (κ1) is 16.7. The van der Waals surface area contributed by atoms with Crippen LogP contribution in [0, 0.1) is 6.92 Å². The molecule has 0 saturated carbocycles. The summed E-state index contributed by atoms with van der Waals surface area (Å²) in [5.41, 5.74) is 2.97. The molecule has 2 N–H and O–H groups in total. The molecule has 120 valence electrons. The van der Waals surface area contributed by atoms with Gasteiger partial charge in [-0.2, -0.15) is 0 Å². The monoisotopic (exact) mass is 311 g/mol. The fraction of sp³-hybridized carbons (Fsp3) is 0.222. The van der Waals surface area contributed by atoms with Gasteiger partial charge in [-0.25, -0.2) is 4.79 Å². The molecule has 3 amide bonds. The van der Waals surface area contributed by atoms with Gasteiger partial charge in [0.05, 0.1) is 6.54 Å². The third-order valence-corrected chi connectivity index (χ3v) is 3.27. The first-order valence-corrected chi connectivity index (χ1v) is 7.43. The number of anilines is 1. The first-order valence-electron chi connectivity index (χ1n) is 7.43. The van der Waals surface area contributed by atoms with E-state index in [9.17, 15) is 9.59 Å². The summed E-state index contributed by atoms with van der Waals surface area (Å²) < 4.78 is 0. The minimum atomic E-state index is -0.523. The van der Waals surface area contributed by atoms with Crippen molar-refractivity contribution >= 4 is 17.6 Å². The topological polar surface area (TPSA) is 61.4 Å². The normalized spacial score (nSPS) is 10.4. The molecule has 0 spiro atoms. The average Bonchev–Trinajstić information content (AvgIpc) is 2.50. The van der Waals surface area contributed by atoms with Gasteiger partial charge in [0, 0.05) is 12.2 Å². The first-order chi connectivity index (χ1) is 11.0. The van der Waals surface area contributed by atoms with Gasteiger partial charge in [0.15, 0.2) is 0 Å². The smallest absolute Gasteiger partial charge is 0.308 e. The number of rotatable bonds is 5. The number of para-hydroxylation sites is 1. The maximum absolute atomic E-state index is 11.9. The third kappa shape index (κ3) is 5.92. The number of imide groups is 1. The molecule has 0 saturated heterocycles. The zero-order valence-electron chi connectivity index (χ0n) is 13.4. The highest BCUT2D eigenvalue weighted by atomic mass is 16.2. The standard InChI is InChI=1S/C18H21N3O2/c1-14-8-10-15(11-9-14)12-21(2)13-17(22)20-18(23)19-16-6-4-3-5-7-16/h3-11H,12-13H2,1-2H3,(H2,19,20,22,23). The molecule has 0 aliphatic carbocycles. The summed E-state index contributed by atoms with van der Waals surface area (Å²) in [6, 6.07) is 16.6. The zero-order chi connectivity index (χ0) is 16.7. The minimum Gasteiger partial charge on any atom is -0.308 e. The SMILES string of the molecule is Cc1ccc(CN(C)CC(=O)NC(=O)Nc2ccccc2)cc1. The molecule has 5 heteroatoms. The molecule has 0 aliphatic rings. The Hall–Kier alpha value is -2.66. The van der Waals surface area contributed by atoms with E-state index in [2.05, 4.69) is 10.6 Å². The predicted octanol–water partition coefficient (Wildman–Crippen LogP) is 2.78. The third-order valence-electron chi connectivity index (χ3n) is 3.27. The zero-order valence-corrected chi connectivity index (χ0v) is 13.4. The molecule has 0 heterocycles. The van der Waals surface area contributed by atoms with E-state index in [1.807, 2.05) is 61.3 Å². The van der Waals surface area contributed by atoms with E-state index in [-0.39, 0.29) is 12.5 Å². The van der Waals surface area contributed by atoms with Crippen molar-refractivity contribution in [2.45, 2.75) is 13.5 Å². The van der Waals surface area contributed by atoms with Gasteiger partial charge in [0.1, 0.15) is 0 Å². The fourth-order valence-corrected chi connectivity index (χ4v) is 2.16. The molecule has 0 aliphatic heterocycles. The van der Waals surface area contributed by atoms with Crippen molar-refractivity contribution in [1.82, 2.24) is 10.2 Å². The molecule has 0 bridgehead atoms. The Labute approximate surface area is 136 Å². The van der Waals surface area contributed by atoms with Gasteiger partial charge in [-0.1, -0.05) is 48.0 Å². The molecule has 0 unspecified atom stereocenters. The van der Waals surface area contributed by atoms with Gasteiger partial charge >= 0.3 is 6.03 Å². The summed E-state index contributed by atoms with van der Waals surface area (Å²) in [4.78, 5) is 25.5. The van der Waals surface area contributed by atoms with Crippen molar-refractivity contribution in [2.75, 3.05) is 18.9 Å². The van der Waals surface area contributed by atoms with E-state index in [0.29, 0.717) is 12.2 Å². The summed E-state index contributed by atoms with van der Waals surface area (Å²) in [6.07, 6.45) is 0. The summed E-state index contributed by atoms with van der Waals surface area (Å²) in [7, 11) is 1.84. The van der Waals surface area contributed by atoms with Crippen LogP contribution < -0.4 is 10.6 Å². The van der Waals surface area contributed by atoms with Crippen molar-refractivity contribution in [3.8, 4) is 0 Å². The van der Waals surface area contributed by atoms with E-state index in [0.717, 1.165) is 5.56 Å². The molecule has 5 nitrogen and oxygen atoms in total. The highest BCUT2D eigenvalue weighted by Gasteiger charge is 2.11. The second kappa shape index (κ2) is 8.10. The Balaban J connectivity index is 1.77. The molecule has 2 rings (SSSR count). The van der Waals surface area contributed by atoms with Crippen LogP contribution in [0.25, 0.3) is 0 Å². The lowest BCUT2D eigenvalue weighted by molar-refractivity contribution is -0.120. The van der Waals surface area contributed by atoms with Crippen LogP contribution in [0.3, 0.4) is 0 Å². The molecular weight excluding hydrogens is 290 g/mol. The summed E-state index contributed by atoms with van der Waals surface area (Å²) in [5.74, 6) is -0.340. The molecule has 2 aromatic carbocycles. The van der Waals surface area contributed by atoms with E-state index in [1.54, 1.807) is 12.1 Å². The molecule has 0 fully saturated rings. The number of likely N-dealkylation sites (N-methyl/N-ethyl adjacent to an activating group) is 1. The van der Waals surface area contributed by atoms with Crippen LogP contribution >= 0.6 is 0 Å². The maximum atomic E-state index is 11.9. The van der Waals surface area contributed by atoms with Crippen LogP contribution in [-0.2, 0) is 11.3 Å². The van der Waals surface area contributed by atoms with Crippen molar-refractivity contribution in [3.63, 3.8) is 0 Å². The fourth-order valence-electron chi connectivity index (χ4n) is 2.16. The lowest BCUT2D eigenvalue weighted by atomic mass is 10.1. The molecular formula is C18H21N3O2. The lowest BCUT2D eigenvalue weighted by Gasteiger charge is -2.16. The highest BCUT2D eigenvalue weighted by Crippen LogP contribution is 2.06. The number of amides is 3. The molecule has 23 heavy (non-hydrogen) atoms. The van der Waals surface area contributed by atoms with E-state index in [1.165, 1.54) is 5.56 Å². The Kier molecular flexibility index (Phi) is 5.88. The van der Waals surface area contributed by atoms with Gasteiger partial charge in [0.25, 0.3) is 0 Å². The Morgan fingerprint density at radius 1 is 1.00 bits per heavy atom. The van der Waals surface area contributed by atoms with Crippen LogP contribution in [-0.4, -0.2) is 30.4 Å². The highest BCUT2D eigenvalue weighted by molar-refractivity contribution is 6.01. The van der Waals surface area contributed by atoms with Gasteiger partial charge in [-0.05, 0) is 31.7 Å². The van der Waals surface area contributed by atoms with Crippen LogP contribution in [0.4, 0.5) is 10.5 Å². The number of aryl methyl sites for hydroxylation is 1. The maximum Gasteiger partial charge on any atom is 0.325 e. The lowest BCUT2D eigenvalue weighted by Crippen LogP contribution is -2.40. The van der Waals surface area contributed by atoms with Crippen LogP contribution in [0.5, 0.6) is 0 Å². The van der Waals surface area contributed by atoms with E-state index in [4.69, 9.17) is 0 Å². The van der Waals surface area contributed by atoms with E-state index >= 15 is 0 Å². The van der Waals surface area contributed by atoms with Crippen molar-refractivity contribution in [1.29, 1.82) is 0 Å². The Morgan fingerprint density at radius 3 is 2.30 bits per heavy atom. The van der Waals surface area contributed by atoms with Crippen molar-refractivity contribution in [3.05, 3.63) is 65.7 Å². The summed E-state index contributed by atoms with van der Waals surface area (Å²) in [5, 5.41) is 4.94. The quantitative estimate of drug-likeness (QED) is 0.892. The average molecular weight is 311 g/mol. The number of benzene rings is 2. The predicted molar refractivity (Wildman–Crippen MR) is 91.1 cm³/mol. The number of nitrogens with one attached hydrogen (secondary N) is 2. The summed E-state index contributed by atoms with van der Waals surface area (Å²) >= 11 is 0. The number of hydrogen-bond donors (Lipinski definition) is 2. The van der Waals surface area contributed by atoms with E-state index < -0.39 is 6.03 Å². The molecule has 0 radical (unpaired) electrons. The number of nitrogens with zero attached hydrogens (tertiary/aromatic N) is 1. The summed E-state index contributed by atoms with van der Waals surface area (Å²) in [6.45, 7) is 2.83. The van der Waals surface area contributed by atoms with Gasteiger partial charge < -0.3 is 5.32 Å². The molecule has 2 aromatic rings. The number of urea groups is 1. The van der Waals surface area contributed by atoms with Crippen LogP contribution in [0.15, 0.2) is 54.6 Å². The molecule has 0 aromatic heterocycles. The number of carbonyl (C=O) groups is 2. The second-order valence-electron chi connectivity index (χ2n) is 5.53. The Bertz CT molecular complexity index is 654. The van der Waals surface area contributed by atoms with Crippen LogP contribution in [0.2, 0.25) is 0 Å². The van der Waals surface area contributed by atoms with Gasteiger partial charge in [0.2, 0.25) is 5.91 Å². The largest absolute Gasteiger partial charge is 0.325 e. The Morgan fingerprint density at radius 2 is 1.65 bits per heavy atom. The number of carbonyl (C=O) groups excluding carboxylic acids is 2. The van der Waals surface area contributed by atoms with Gasteiger partial charge in [-0.15, -0.1) is 0 Å². The van der Waals surface area contributed by atoms with Crippen molar-refractivity contribution in [2.24, 2.45) is 0 Å². The second-order valence-corrected chi connectivity index (χ2v) is 5.53. The van der Waals surface area contributed by atoms with Crippen LogP contribution in [0.1, 0.15) is 11.1 Å². The van der Waals surface area contributed by atoms with Gasteiger partial charge in [-0.3, -0.25) is 15.0 Å². The number of hydrogen-bond acceptors (Lipinski definition) is 3.